The van der Waals surface area contributed by atoms with Gasteiger partial charge in [0, 0.05) is 21.8 Å². The Kier molecular flexibility index (Phi) is 5.13. The lowest BCUT2D eigenvalue weighted by Crippen LogP contribution is -1.97. The summed E-state index contributed by atoms with van der Waals surface area (Å²) in [5.41, 5.74) is 12.7. The van der Waals surface area contributed by atoms with Gasteiger partial charge >= 0.3 is 0 Å². The lowest BCUT2D eigenvalue weighted by atomic mass is 9.92. The molecule has 4 heteroatoms. The number of aromatic nitrogens is 1. The molecule has 0 atom stereocenters. The molecule has 4 nitrogen and oxygen atoms in total. The van der Waals surface area contributed by atoms with E-state index in [-0.39, 0.29) is 0 Å². The molecular formula is C39H24N2O2. The molecule has 0 bridgehead atoms. The molecule has 0 spiro atoms. The van der Waals surface area contributed by atoms with Gasteiger partial charge in [0.05, 0.1) is 30.8 Å². The van der Waals surface area contributed by atoms with E-state index in [1.54, 1.807) is 0 Å². The van der Waals surface area contributed by atoms with Crippen LogP contribution in [0.25, 0.3) is 76.5 Å². The number of hydrogen-bond acceptors (Lipinski definition) is 2. The molecule has 1 aliphatic heterocycles. The van der Waals surface area contributed by atoms with Gasteiger partial charge in [0.2, 0.25) is 0 Å². The largest absolute Gasteiger partial charge is 0.456 e. The summed E-state index contributed by atoms with van der Waals surface area (Å²) in [5.74, 6) is 0. The van der Waals surface area contributed by atoms with Crippen LogP contribution in [0.2, 0.25) is 0 Å². The molecule has 0 unspecified atom stereocenters. The predicted molar refractivity (Wildman–Crippen MR) is 174 cm³/mol. The van der Waals surface area contributed by atoms with Gasteiger partial charge in [-0.3, -0.25) is 0 Å². The Morgan fingerprint density at radius 2 is 1.26 bits per heavy atom. The number of hydrogen-bond donors (Lipinski definition) is 0. The second-order valence-corrected chi connectivity index (χ2v) is 11.2. The molecule has 0 radical (unpaired) electrons. The lowest BCUT2D eigenvalue weighted by Gasteiger charge is -2.15. The maximum Gasteiger partial charge on any atom is 0.188 e. The van der Waals surface area contributed by atoms with Gasteiger partial charge in [-0.25, -0.2) is 4.85 Å². The van der Waals surface area contributed by atoms with Crippen molar-refractivity contribution in [2.24, 2.45) is 0 Å². The normalized spacial score (nSPS) is 12.8. The van der Waals surface area contributed by atoms with Crippen molar-refractivity contribution in [1.29, 1.82) is 0 Å². The highest BCUT2D eigenvalue weighted by Gasteiger charge is 2.19. The summed E-state index contributed by atoms with van der Waals surface area (Å²) in [6.45, 7) is 8.67. The minimum atomic E-state index is 0.562. The van der Waals surface area contributed by atoms with Crippen LogP contribution in [0.5, 0.6) is 0 Å². The van der Waals surface area contributed by atoms with Crippen LogP contribution in [0, 0.1) is 6.57 Å². The summed E-state index contributed by atoms with van der Waals surface area (Å²) < 4.78 is 14.6. The van der Waals surface area contributed by atoms with E-state index in [2.05, 4.69) is 106 Å². The Hall–Kier alpha value is -5.63. The second kappa shape index (κ2) is 9.19. The minimum absolute atomic E-state index is 0.562. The average Bonchev–Trinajstić information content (AvgIpc) is 3.53. The van der Waals surface area contributed by atoms with Crippen LogP contribution < -0.4 is 0 Å². The molecule has 1 aliphatic rings. The Labute approximate surface area is 247 Å². The molecule has 9 rings (SSSR count). The van der Waals surface area contributed by atoms with Crippen molar-refractivity contribution in [2.45, 2.75) is 13.2 Å². The quantitative estimate of drug-likeness (QED) is 0.200. The van der Waals surface area contributed by atoms with E-state index in [4.69, 9.17) is 15.7 Å². The van der Waals surface area contributed by atoms with Crippen LogP contribution in [0.3, 0.4) is 0 Å². The second-order valence-electron chi connectivity index (χ2n) is 11.2. The van der Waals surface area contributed by atoms with Crippen LogP contribution in [-0.2, 0) is 18.0 Å². The highest BCUT2D eigenvalue weighted by molar-refractivity contribution is 6.10. The number of nitrogens with zero attached hydrogens (tertiary/aromatic N) is 2. The SMILES string of the molecule is [C-]#[N+]c1ccc2c(c1)c1ccccc1n2-c1ccc2c(c1)-c1cc(-c3ccc4c(c3)oc3ccccc34)ccc1COC2. The first kappa shape index (κ1) is 24.0. The van der Waals surface area contributed by atoms with E-state index in [0.29, 0.717) is 18.9 Å². The average molecular weight is 553 g/mol. The van der Waals surface area contributed by atoms with E-state index < -0.39 is 0 Å². The molecule has 2 aromatic heterocycles. The van der Waals surface area contributed by atoms with Gasteiger partial charge in [-0.15, -0.1) is 0 Å². The van der Waals surface area contributed by atoms with Gasteiger partial charge in [-0.05, 0) is 93.4 Å². The molecule has 0 saturated carbocycles. The Morgan fingerprint density at radius 3 is 2.14 bits per heavy atom. The molecule has 0 N–H and O–H groups in total. The number of benzene rings is 6. The molecule has 3 heterocycles. The zero-order valence-electron chi connectivity index (χ0n) is 23.2. The molecule has 0 aliphatic carbocycles. The standard InChI is InChI=1S/C39H24N2O2/c1-40-28-14-17-37-35(20-28)30-6-2-4-8-36(30)41(37)29-15-12-27-23-42-22-26-11-10-24(18-33(26)34(27)21-29)25-13-16-32-31-7-3-5-9-38(31)43-39(32)19-25/h2-21H,22-23H2. The van der Waals surface area contributed by atoms with Crippen LogP contribution in [0.1, 0.15) is 11.1 Å². The van der Waals surface area contributed by atoms with Crippen molar-refractivity contribution in [2.75, 3.05) is 0 Å². The summed E-state index contributed by atoms with van der Waals surface area (Å²) in [4.78, 5) is 3.68. The minimum Gasteiger partial charge on any atom is -0.456 e. The Bertz CT molecular complexity index is 2450. The number of fused-ring (bicyclic) bond motifs is 9. The Balaban J connectivity index is 1.23. The van der Waals surface area contributed by atoms with E-state index in [1.807, 2.05) is 24.3 Å². The number of para-hydroxylation sites is 2. The molecule has 0 amide bonds. The fourth-order valence-electron chi connectivity index (χ4n) is 6.70. The smallest absolute Gasteiger partial charge is 0.188 e. The van der Waals surface area contributed by atoms with Gasteiger partial charge in [-0.2, -0.15) is 0 Å². The lowest BCUT2D eigenvalue weighted by molar-refractivity contribution is 0.110. The van der Waals surface area contributed by atoms with Crippen molar-refractivity contribution >= 4 is 49.4 Å². The molecular weight excluding hydrogens is 528 g/mol. The Morgan fingerprint density at radius 1 is 0.558 bits per heavy atom. The summed E-state index contributed by atoms with van der Waals surface area (Å²) in [6, 6.07) is 42.4. The fraction of sp³-hybridized carbons (Fsp3) is 0.0513. The number of furan rings is 1. The third-order valence-corrected chi connectivity index (χ3v) is 8.76. The maximum atomic E-state index is 7.54. The monoisotopic (exact) mass is 552 g/mol. The van der Waals surface area contributed by atoms with E-state index in [1.165, 1.54) is 22.3 Å². The van der Waals surface area contributed by atoms with E-state index in [9.17, 15) is 0 Å². The van der Waals surface area contributed by atoms with E-state index >= 15 is 0 Å². The molecule has 202 valence electrons. The highest BCUT2D eigenvalue weighted by atomic mass is 16.5. The molecule has 8 aromatic rings. The summed E-state index contributed by atoms with van der Waals surface area (Å²) in [5, 5.41) is 4.50. The molecule has 0 fully saturated rings. The van der Waals surface area contributed by atoms with Crippen molar-refractivity contribution in [3.8, 4) is 27.9 Å². The van der Waals surface area contributed by atoms with Crippen molar-refractivity contribution < 1.29 is 9.15 Å². The third kappa shape index (κ3) is 3.66. The first-order valence-corrected chi connectivity index (χ1v) is 14.4. The van der Waals surface area contributed by atoms with Crippen molar-refractivity contribution in [1.82, 2.24) is 4.57 Å². The number of rotatable bonds is 2. The van der Waals surface area contributed by atoms with Crippen LogP contribution in [0.15, 0.2) is 126 Å². The van der Waals surface area contributed by atoms with Gasteiger partial charge in [0.15, 0.2) is 5.69 Å². The molecule has 6 aromatic carbocycles. The first-order chi connectivity index (χ1) is 21.2. The topological polar surface area (TPSA) is 31.7 Å². The molecule has 43 heavy (non-hydrogen) atoms. The van der Waals surface area contributed by atoms with Crippen molar-refractivity contribution in [3.05, 3.63) is 144 Å². The van der Waals surface area contributed by atoms with E-state index in [0.717, 1.165) is 60.6 Å². The van der Waals surface area contributed by atoms with Crippen LogP contribution in [-0.4, -0.2) is 4.57 Å². The molecule has 0 saturated heterocycles. The van der Waals surface area contributed by atoms with Crippen molar-refractivity contribution in [3.63, 3.8) is 0 Å². The predicted octanol–water partition coefficient (Wildman–Crippen LogP) is 10.6. The zero-order chi connectivity index (χ0) is 28.5. The summed E-state index contributed by atoms with van der Waals surface area (Å²) in [7, 11) is 0. The number of ether oxygens (including phenoxy) is 1. The third-order valence-electron chi connectivity index (χ3n) is 8.76. The summed E-state index contributed by atoms with van der Waals surface area (Å²) in [6.07, 6.45) is 0. The first-order valence-electron chi connectivity index (χ1n) is 14.4. The zero-order valence-corrected chi connectivity index (χ0v) is 23.2. The fourth-order valence-corrected chi connectivity index (χ4v) is 6.70. The van der Waals surface area contributed by atoms with Gasteiger partial charge < -0.3 is 13.7 Å². The van der Waals surface area contributed by atoms with Gasteiger partial charge in [-0.1, -0.05) is 66.7 Å². The van der Waals surface area contributed by atoms with Crippen LogP contribution >= 0.6 is 0 Å². The van der Waals surface area contributed by atoms with Gasteiger partial charge in [0.1, 0.15) is 11.2 Å². The van der Waals surface area contributed by atoms with Gasteiger partial charge in [0.25, 0.3) is 0 Å². The van der Waals surface area contributed by atoms with Crippen LogP contribution in [0.4, 0.5) is 5.69 Å². The maximum absolute atomic E-state index is 7.54. The summed E-state index contributed by atoms with van der Waals surface area (Å²) >= 11 is 0. The highest BCUT2D eigenvalue weighted by Crippen LogP contribution is 2.40.